The summed E-state index contributed by atoms with van der Waals surface area (Å²) in [5.74, 6) is 0.149. The van der Waals surface area contributed by atoms with Gasteiger partial charge in [-0.3, -0.25) is 4.79 Å². The van der Waals surface area contributed by atoms with Crippen LogP contribution in [0.4, 0.5) is 0 Å². The normalized spacial score (nSPS) is 16.4. The molecule has 0 aliphatic heterocycles. The molecule has 1 aliphatic rings. The van der Waals surface area contributed by atoms with Gasteiger partial charge in [-0.05, 0) is 25.0 Å². The van der Waals surface area contributed by atoms with Gasteiger partial charge in [0, 0.05) is 11.6 Å². The number of aromatic nitrogens is 2. The summed E-state index contributed by atoms with van der Waals surface area (Å²) in [5.41, 5.74) is 0.818. The van der Waals surface area contributed by atoms with Gasteiger partial charge in [0.1, 0.15) is 0 Å². The molecule has 3 rings (SSSR count). The molecule has 1 aliphatic carbocycles. The second kappa shape index (κ2) is 6.52. The van der Waals surface area contributed by atoms with Crippen molar-refractivity contribution >= 4 is 5.91 Å². The van der Waals surface area contributed by atoms with E-state index < -0.39 is 0 Å². The van der Waals surface area contributed by atoms with Crippen LogP contribution in [-0.4, -0.2) is 22.1 Å². The molecule has 2 aromatic rings. The van der Waals surface area contributed by atoms with Crippen LogP contribution in [0.15, 0.2) is 34.7 Å². The summed E-state index contributed by atoms with van der Waals surface area (Å²) in [6.07, 6.45) is 6.92. The molecule has 0 radical (unpaired) electrons. The lowest BCUT2D eigenvalue weighted by Gasteiger charge is -2.14. The van der Waals surface area contributed by atoms with E-state index in [1.165, 1.54) is 25.7 Å². The van der Waals surface area contributed by atoms with Crippen LogP contribution in [0.1, 0.15) is 49.2 Å². The van der Waals surface area contributed by atoms with E-state index in [1.807, 2.05) is 30.3 Å². The van der Waals surface area contributed by atoms with Crippen LogP contribution in [0.5, 0.6) is 0 Å². The van der Waals surface area contributed by atoms with Gasteiger partial charge in [-0.15, -0.1) is 10.2 Å². The minimum Gasteiger partial charge on any atom is -0.412 e. The predicted octanol–water partition coefficient (Wildman–Crippen LogP) is 3.19. The monoisotopic (exact) mass is 285 g/mol. The maximum Gasteiger partial charge on any atom is 0.309 e. The maximum atomic E-state index is 12.2. The van der Waals surface area contributed by atoms with Crippen molar-refractivity contribution in [3.8, 4) is 11.5 Å². The highest BCUT2D eigenvalue weighted by atomic mass is 16.4. The van der Waals surface area contributed by atoms with Crippen LogP contribution in [-0.2, 0) is 0 Å². The molecule has 1 amide bonds. The first kappa shape index (κ1) is 13.8. The van der Waals surface area contributed by atoms with E-state index in [1.54, 1.807) is 0 Å². The van der Waals surface area contributed by atoms with Gasteiger partial charge in [0.2, 0.25) is 5.89 Å². The molecule has 1 N–H and O–H groups in total. The van der Waals surface area contributed by atoms with Crippen LogP contribution in [0, 0.1) is 0 Å². The molecule has 1 saturated carbocycles. The standard InChI is InChI=1S/C16H19N3O2/c20-14(17-13-10-6-1-2-7-11-13)16-19-18-15(21-16)12-8-4-3-5-9-12/h3-5,8-9,13H,1-2,6-7,10-11H2,(H,17,20). The predicted molar refractivity (Wildman–Crippen MR) is 78.7 cm³/mol. The number of nitrogens with one attached hydrogen (secondary N) is 1. The van der Waals surface area contributed by atoms with Gasteiger partial charge in [0.15, 0.2) is 0 Å². The number of carbonyl (C=O) groups excluding carboxylic acids is 1. The number of amides is 1. The van der Waals surface area contributed by atoms with E-state index in [0.29, 0.717) is 5.89 Å². The van der Waals surface area contributed by atoms with Gasteiger partial charge in [-0.25, -0.2) is 0 Å². The zero-order valence-corrected chi connectivity index (χ0v) is 11.9. The van der Waals surface area contributed by atoms with Gasteiger partial charge < -0.3 is 9.73 Å². The summed E-state index contributed by atoms with van der Waals surface area (Å²) in [5, 5.41) is 10.8. The molecule has 110 valence electrons. The number of carbonyl (C=O) groups is 1. The Bertz CT molecular complexity index is 587. The fourth-order valence-corrected chi connectivity index (χ4v) is 2.68. The lowest BCUT2D eigenvalue weighted by molar-refractivity contribution is 0.0899. The first-order valence-electron chi connectivity index (χ1n) is 7.53. The molecular formula is C16H19N3O2. The van der Waals surface area contributed by atoms with Gasteiger partial charge in [-0.2, -0.15) is 0 Å². The summed E-state index contributed by atoms with van der Waals surface area (Å²) < 4.78 is 5.47. The van der Waals surface area contributed by atoms with Crippen LogP contribution < -0.4 is 5.32 Å². The molecular weight excluding hydrogens is 266 g/mol. The average molecular weight is 285 g/mol. The molecule has 1 heterocycles. The van der Waals surface area contributed by atoms with Crippen molar-refractivity contribution in [1.82, 2.24) is 15.5 Å². The third-order valence-corrected chi connectivity index (χ3v) is 3.83. The second-order valence-electron chi connectivity index (χ2n) is 5.44. The van der Waals surface area contributed by atoms with Gasteiger partial charge in [0.25, 0.3) is 0 Å². The molecule has 1 aromatic heterocycles. The summed E-state index contributed by atoms with van der Waals surface area (Å²) in [4.78, 5) is 12.2. The Kier molecular flexibility index (Phi) is 4.28. The lowest BCUT2D eigenvalue weighted by Crippen LogP contribution is -2.34. The molecule has 1 aromatic carbocycles. The number of hydrogen-bond acceptors (Lipinski definition) is 4. The first-order chi connectivity index (χ1) is 10.3. The highest BCUT2D eigenvalue weighted by Crippen LogP contribution is 2.19. The Morgan fingerprint density at radius 1 is 1.05 bits per heavy atom. The van der Waals surface area contributed by atoms with Crippen LogP contribution in [0.2, 0.25) is 0 Å². The molecule has 0 bridgehead atoms. The van der Waals surface area contributed by atoms with E-state index in [2.05, 4.69) is 15.5 Å². The van der Waals surface area contributed by atoms with Crippen molar-refractivity contribution in [2.45, 2.75) is 44.6 Å². The minimum atomic E-state index is -0.267. The number of rotatable bonds is 3. The fraction of sp³-hybridized carbons (Fsp3) is 0.438. The minimum absolute atomic E-state index is 0.0399. The van der Waals surface area contributed by atoms with Crippen LogP contribution >= 0.6 is 0 Å². The van der Waals surface area contributed by atoms with Crippen LogP contribution in [0.3, 0.4) is 0 Å². The largest absolute Gasteiger partial charge is 0.412 e. The highest BCUT2D eigenvalue weighted by Gasteiger charge is 2.20. The topological polar surface area (TPSA) is 68.0 Å². The van der Waals surface area contributed by atoms with Gasteiger partial charge in [0.05, 0.1) is 0 Å². The molecule has 0 unspecified atom stereocenters. The molecule has 5 nitrogen and oxygen atoms in total. The Balaban J connectivity index is 1.66. The molecule has 0 saturated heterocycles. The second-order valence-corrected chi connectivity index (χ2v) is 5.44. The van der Waals surface area contributed by atoms with E-state index in [4.69, 9.17) is 4.42 Å². The smallest absolute Gasteiger partial charge is 0.309 e. The van der Waals surface area contributed by atoms with Crippen molar-refractivity contribution in [1.29, 1.82) is 0 Å². The van der Waals surface area contributed by atoms with Gasteiger partial charge in [-0.1, -0.05) is 43.9 Å². The van der Waals surface area contributed by atoms with E-state index in [-0.39, 0.29) is 17.8 Å². The Morgan fingerprint density at radius 3 is 2.48 bits per heavy atom. The molecule has 5 heteroatoms. The van der Waals surface area contributed by atoms with Gasteiger partial charge >= 0.3 is 11.8 Å². The summed E-state index contributed by atoms with van der Waals surface area (Å²) >= 11 is 0. The summed E-state index contributed by atoms with van der Waals surface area (Å²) in [6, 6.07) is 9.68. The summed E-state index contributed by atoms with van der Waals surface area (Å²) in [7, 11) is 0. The Hall–Kier alpha value is -2.17. The van der Waals surface area contributed by atoms with Crippen molar-refractivity contribution in [2.24, 2.45) is 0 Å². The Morgan fingerprint density at radius 2 is 1.76 bits per heavy atom. The Labute approximate surface area is 123 Å². The zero-order valence-electron chi connectivity index (χ0n) is 11.9. The van der Waals surface area contributed by atoms with Crippen LogP contribution in [0.25, 0.3) is 11.5 Å². The molecule has 0 atom stereocenters. The molecule has 21 heavy (non-hydrogen) atoms. The lowest BCUT2D eigenvalue weighted by atomic mass is 10.1. The zero-order chi connectivity index (χ0) is 14.5. The highest BCUT2D eigenvalue weighted by molar-refractivity contribution is 5.89. The fourth-order valence-electron chi connectivity index (χ4n) is 2.68. The van der Waals surface area contributed by atoms with E-state index in [9.17, 15) is 4.79 Å². The van der Waals surface area contributed by atoms with Crippen molar-refractivity contribution < 1.29 is 9.21 Å². The number of hydrogen-bond donors (Lipinski definition) is 1. The SMILES string of the molecule is O=C(NC1CCCCCC1)c1nnc(-c2ccccc2)o1. The van der Waals surface area contributed by atoms with Crippen molar-refractivity contribution in [2.75, 3.05) is 0 Å². The quantitative estimate of drug-likeness (QED) is 0.879. The number of benzene rings is 1. The molecule has 0 spiro atoms. The van der Waals surface area contributed by atoms with E-state index in [0.717, 1.165) is 18.4 Å². The van der Waals surface area contributed by atoms with Crippen molar-refractivity contribution in [3.05, 3.63) is 36.2 Å². The molecule has 1 fully saturated rings. The first-order valence-corrected chi connectivity index (χ1v) is 7.53. The summed E-state index contributed by atoms with van der Waals surface area (Å²) in [6.45, 7) is 0. The maximum absolute atomic E-state index is 12.2. The third kappa shape index (κ3) is 3.48. The average Bonchev–Trinajstić information content (AvgIpc) is 2.88. The van der Waals surface area contributed by atoms with Crippen molar-refractivity contribution in [3.63, 3.8) is 0 Å². The van der Waals surface area contributed by atoms with E-state index >= 15 is 0 Å². The number of nitrogens with zero attached hydrogens (tertiary/aromatic N) is 2. The third-order valence-electron chi connectivity index (χ3n) is 3.83.